The van der Waals surface area contributed by atoms with E-state index in [9.17, 15) is 22.8 Å². The van der Waals surface area contributed by atoms with Crippen molar-refractivity contribution in [1.82, 2.24) is 4.90 Å². The molecule has 1 heterocycles. The van der Waals surface area contributed by atoms with Crippen molar-refractivity contribution in [3.63, 3.8) is 0 Å². The van der Waals surface area contributed by atoms with Gasteiger partial charge in [0.05, 0.1) is 5.56 Å². The van der Waals surface area contributed by atoms with E-state index in [1.807, 2.05) is 0 Å². The highest BCUT2D eigenvalue weighted by Gasteiger charge is 2.33. The number of hydrogen-bond acceptors (Lipinski definition) is 2. The lowest BCUT2D eigenvalue weighted by atomic mass is 9.97. The Bertz CT molecular complexity index is 619. The lowest BCUT2D eigenvalue weighted by Gasteiger charge is -2.35. The SMILES string of the molecule is NC(=O)CC1CCCCN1C(=O)c1cc(Cl)cc(C(F)(F)F)c1. The smallest absolute Gasteiger partial charge is 0.370 e. The summed E-state index contributed by atoms with van der Waals surface area (Å²) in [5.41, 5.74) is 4.07. The summed E-state index contributed by atoms with van der Waals surface area (Å²) in [6, 6.07) is 2.37. The zero-order valence-corrected chi connectivity index (χ0v) is 13.0. The average molecular weight is 349 g/mol. The molecule has 1 aromatic carbocycles. The van der Waals surface area contributed by atoms with E-state index >= 15 is 0 Å². The van der Waals surface area contributed by atoms with Gasteiger partial charge in [0.2, 0.25) is 5.91 Å². The molecule has 0 radical (unpaired) electrons. The standard InChI is InChI=1S/C15H16ClF3N2O2/c16-11-6-9(5-10(7-11)15(17,18)19)14(23)21-4-2-1-3-12(21)8-13(20)22/h5-7,12H,1-4,8H2,(H2,20,22). The molecule has 1 aliphatic rings. The maximum absolute atomic E-state index is 12.9. The van der Waals surface area contributed by atoms with Gasteiger partial charge in [-0.05, 0) is 37.5 Å². The van der Waals surface area contributed by atoms with Crippen LogP contribution in [0, 0.1) is 0 Å². The van der Waals surface area contributed by atoms with Crippen LogP contribution in [0.1, 0.15) is 41.6 Å². The largest absolute Gasteiger partial charge is 0.416 e. The Kier molecular flexibility index (Phi) is 5.19. The second-order valence-electron chi connectivity index (χ2n) is 5.54. The molecule has 1 unspecified atom stereocenters. The van der Waals surface area contributed by atoms with Crippen molar-refractivity contribution in [1.29, 1.82) is 0 Å². The Balaban J connectivity index is 2.31. The maximum Gasteiger partial charge on any atom is 0.416 e. The number of halogens is 4. The van der Waals surface area contributed by atoms with Gasteiger partial charge in [0.1, 0.15) is 0 Å². The summed E-state index contributed by atoms with van der Waals surface area (Å²) in [5.74, 6) is -1.11. The first-order valence-corrected chi connectivity index (χ1v) is 7.53. The minimum Gasteiger partial charge on any atom is -0.370 e. The van der Waals surface area contributed by atoms with Crippen molar-refractivity contribution >= 4 is 23.4 Å². The van der Waals surface area contributed by atoms with Crippen LogP contribution in [-0.4, -0.2) is 29.3 Å². The topological polar surface area (TPSA) is 63.4 Å². The number of benzene rings is 1. The Morgan fingerprint density at radius 3 is 2.57 bits per heavy atom. The normalized spacial score (nSPS) is 18.8. The van der Waals surface area contributed by atoms with Crippen LogP contribution in [0.25, 0.3) is 0 Å². The first-order chi connectivity index (χ1) is 10.7. The summed E-state index contributed by atoms with van der Waals surface area (Å²) in [5, 5.41) is -0.161. The van der Waals surface area contributed by atoms with Gasteiger partial charge in [-0.2, -0.15) is 13.2 Å². The Morgan fingerprint density at radius 2 is 1.96 bits per heavy atom. The minimum absolute atomic E-state index is 0.00155. The van der Waals surface area contributed by atoms with Crippen molar-refractivity contribution < 1.29 is 22.8 Å². The summed E-state index contributed by atoms with van der Waals surface area (Å²) < 4.78 is 38.6. The Morgan fingerprint density at radius 1 is 1.26 bits per heavy atom. The van der Waals surface area contributed by atoms with Crippen LogP contribution in [0.15, 0.2) is 18.2 Å². The fourth-order valence-electron chi connectivity index (χ4n) is 2.75. The number of primary amides is 1. The number of nitrogens with two attached hydrogens (primary N) is 1. The van der Waals surface area contributed by atoms with Gasteiger partial charge in [0.25, 0.3) is 5.91 Å². The third-order valence-electron chi connectivity index (χ3n) is 3.80. The fraction of sp³-hybridized carbons (Fsp3) is 0.467. The Labute approximate surface area is 136 Å². The van der Waals surface area contributed by atoms with Gasteiger partial charge >= 0.3 is 6.18 Å². The van der Waals surface area contributed by atoms with Crippen molar-refractivity contribution in [2.75, 3.05) is 6.54 Å². The van der Waals surface area contributed by atoms with Crippen LogP contribution >= 0.6 is 11.6 Å². The zero-order valence-electron chi connectivity index (χ0n) is 12.2. The van der Waals surface area contributed by atoms with Crippen LogP contribution in [0.2, 0.25) is 5.02 Å². The van der Waals surface area contributed by atoms with E-state index in [1.165, 1.54) is 11.0 Å². The van der Waals surface area contributed by atoms with Crippen LogP contribution in [0.4, 0.5) is 13.2 Å². The molecular weight excluding hydrogens is 333 g/mol. The second-order valence-corrected chi connectivity index (χ2v) is 5.98. The average Bonchev–Trinajstić information content (AvgIpc) is 2.45. The minimum atomic E-state index is -4.59. The third kappa shape index (κ3) is 4.37. The molecule has 0 aromatic heterocycles. The summed E-state index contributed by atoms with van der Waals surface area (Å²) in [7, 11) is 0. The van der Waals surface area contributed by atoms with Crippen molar-refractivity contribution in [3.8, 4) is 0 Å². The molecule has 23 heavy (non-hydrogen) atoms. The third-order valence-corrected chi connectivity index (χ3v) is 4.02. The van der Waals surface area contributed by atoms with E-state index in [-0.39, 0.29) is 23.0 Å². The molecular formula is C15H16ClF3N2O2. The molecule has 4 nitrogen and oxygen atoms in total. The number of alkyl halides is 3. The van der Waals surface area contributed by atoms with Gasteiger partial charge in [0.15, 0.2) is 0 Å². The lowest BCUT2D eigenvalue weighted by Crippen LogP contribution is -2.45. The van der Waals surface area contributed by atoms with E-state index in [0.29, 0.717) is 13.0 Å². The van der Waals surface area contributed by atoms with E-state index in [4.69, 9.17) is 17.3 Å². The number of piperidine rings is 1. The van der Waals surface area contributed by atoms with E-state index < -0.39 is 23.6 Å². The van der Waals surface area contributed by atoms with Crippen LogP contribution in [0.5, 0.6) is 0 Å². The van der Waals surface area contributed by atoms with Crippen molar-refractivity contribution in [2.45, 2.75) is 37.9 Å². The van der Waals surface area contributed by atoms with Gasteiger partial charge in [-0.3, -0.25) is 9.59 Å². The van der Waals surface area contributed by atoms with E-state index in [0.717, 1.165) is 25.0 Å². The summed E-state index contributed by atoms with van der Waals surface area (Å²) >= 11 is 5.71. The van der Waals surface area contributed by atoms with Crippen molar-refractivity contribution in [3.05, 3.63) is 34.3 Å². The molecule has 0 aliphatic carbocycles. The van der Waals surface area contributed by atoms with Gasteiger partial charge < -0.3 is 10.6 Å². The number of carbonyl (C=O) groups is 2. The maximum atomic E-state index is 12.9. The number of amides is 2. The molecule has 0 bridgehead atoms. The fourth-order valence-corrected chi connectivity index (χ4v) is 2.99. The molecule has 0 spiro atoms. The van der Waals surface area contributed by atoms with E-state index in [2.05, 4.69) is 0 Å². The molecule has 2 amide bonds. The molecule has 126 valence electrons. The number of nitrogens with zero attached hydrogens (tertiary/aromatic N) is 1. The second kappa shape index (κ2) is 6.78. The predicted molar refractivity (Wildman–Crippen MR) is 78.9 cm³/mol. The first kappa shape index (κ1) is 17.6. The molecule has 1 aliphatic heterocycles. The van der Waals surface area contributed by atoms with Crippen LogP contribution in [-0.2, 0) is 11.0 Å². The number of likely N-dealkylation sites (tertiary alicyclic amines) is 1. The first-order valence-electron chi connectivity index (χ1n) is 7.15. The molecule has 2 N–H and O–H groups in total. The van der Waals surface area contributed by atoms with Crippen LogP contribution < -0.4 is 5.73 Å². The van der Waals surface area contributed by atoms with E-state index in [1.54, 1.807) is 0 Å². The zero-order chi connectivity index (χ0) is 17.2. The highest BCUT2D eigenvalue weighted by Crippen LogP contribution is 2.32. The Hall–Kier alpha value is -1.76. The number of carbonyl (C=O) groups excluding carboxylic acids is 2. The molecule has 2 rings (SSSR count). The van der Waals surface area contributed by atoms with Crippen molar-refractivity contribution in [2.24, 2.45) is 5.73 Å². The highest BCUT2D eigenvalue weighted by atomic mass is 35.5. The molecule has 1 aromatic rings. The molecule has 0 saturated carbocycles. The highest BCUT2D eigenvalue weighted by molar-refractivity contribution is 6.31. The summed E-state index contributed by atoms with van der Waals surface area (Å²) in [6.45, 7) is 0.380. The monoisotopic (exact) mass is 348 g/mol. The quantitative estimate of drug-likeness (QED) is 0.911. The summed E-state index contributed by atoms with van der Waals surface area (Å²) in [4.78, 5) is 25.1. The summed E-state index contributed by atoms with van der Waals surface area (Å²) in [6.07, 6.45) is -2.42. The van der Waals surface area contributed by atoms with Crippen LogP contribution in [0.3, 0.4) is 0 Å². The van der Waals surface area contributed by atoms with Gasteiger partial charge in [0, 0.05) is 29.6 Å². The molecule has 1 saturated heterocycles. The predicted octanol–water partition coefficient (Wildman–Crippen LogP) is 3.23. The molecule has 1 atom stereocenters. The number of rotatable bonds is 3. The lowest BCUT2D eigenvalue weighted by molar-refractivity contribution is -0.137. The van der Waals surface area contributed by atoms with Gasteiger partial charge in [-0.15, -0.1) is 0 Å². The molecule has 8 heteroatoms. The van der Waals surface area contributed by atoms with Gasteiger partial charge in [-0.1, -0.05) is 11.6 Å². The molecule has 1 fully saturated rings. The van der Waals surface area contributed by atoms with Gasteiger partial charge in [-0.25, -0.2) is 0 Å². The number of hydrogen-bond donors (Lipinski definition) is 1.